The maximum atomic E-state index is 12.9. The minimum atomic E-state index is -0.165. The molecule has 0 spiro atoms. The van der Waals surface area contributed by atoms with Gasteiger partial charge in [-0.25, -0.2) is 4.68 Å². The minimum Gasteiger partial charge on any atom is -0.315 e. The highest BCUT2D eigenvalue weighted by Gasteiger charge is 2.35. The molecule has 4 rings (SSSR count). The number of carbonyl (C=O) groups is 1. The highest BCUT2D eigenvalue weighted by atomic mass is 35.5. The van der Waals surface area contributed by atoms with E-state index >= 15 is 0 Å². The first-order valence-electron chi connectivity index (χ1n) is 8.42. The van der Waals surface area contributed by atoms with Crippen LogP contribution >= 0.6 is 24.0 Å². The maximum absolute atomic E-state index is 12.9. The van der Waals surface area contributed by atoms with Crippen molar-refractivity contribution in [3.63, 3.8) is 0 Å². The molecular weight excluding hydrogens is 387 g/mol. The van der Waals surface area contributed by atoms with Crippen LogP contribution in [0.1, 0.15) is 11.5 Å². The van der Waals surface area contributed by atoms with Crippen molar-refractivity contribution in [2.24, 2.45) is 13.0 Å². The third-order valence-electron chi connectivity index (χ3n) is 4.65. The van der Waals surface area contributed by atoms with Gasteiger partial charge in [0.25, 0.3) is 0 Å². The summed E-state index contributed by atoms with van der Waals surface area (Å²) in [5.41, 5.74) is 1.87. The fourth-order valence-electron chi connectivity index (χ4n) is 3.37. The molecule has 0 radical (unpaired) electrons. The zero-order valence-electron chi connectivity index (χ0n) is 14.7. The second-order valence-corrected chi connectivity index (χ2v) is 6.85. The highest BCUT2D eigenvalue weighted by molar-refractivity contribution is 6.30. The van der Waals surface area contributed by atoms with E-state index in [1.54, 1.807) is 33.8 Å². The number of benzene rings is 1. The third-order valence-corrected chi connectivity index (χ3v) is 4.89. The van der Waals surface area contributed by atoms with Crippen LogP contribution in [0.5, 0.6) is 0 Å². The molecule has 7 nitrogen and oxygen atoms in total. The van der Waals surface area contributed by atoms with Gasteiger partial charge in [0, 0.05) is 43.3 Å². The van der Waals surface area contributed by atoms with Crippen LogP contribution in [0.4, 0.5) is 5.82 Å². The second kappa shape index (κ2) is 8.12. The maximum Gasteiger partial charge on any atom is 0.230 e. The van der Waals surface area contributed by atoms with Crippen molar-refractivity contribution in [2.75, 3.05) is 18.4 Å². The molecule has 2 N–H and O–H groups in total. The Bertz CT molecular complexity index is 937. The van der Waals surface area contributed by atoms with Crippen molar-refractivity contribution in [1.82, 2.24) is 24.9 Å². The number of nitrogens with one attached hydrogen (secondary N) is 2. The molecule has 0 aliphatic carbocycles. The second-order valence-electron chi connectivity index (χ2n) is 6.42. The fourth-order valence-corrected chi connectivity index (χ4v) is 3.55. The summed E-state index contributed by atoms with van der Waals surface area (Å²) in [4.78, 5) is 12.9. The smallest absolute Gasteiger partial charge is 0.230 e. The summed E-state index contributed by atoms with van der Waals surface area (Å²) in [7, 11) is 1.88. The fraction of sp³-hybridized carbons (Fsp3) is 0.278. The first-order valence-corrected chi connectivity index (χ1v) is 8.80. The van der Waals surface area contributed by atoms with Crippen LogP contribution in [0, 0.1) is 5.92 Å². The Kier molecular flexibility index (Phi) is 5.84. The van der Waals surface area contributed by atoms with E-state index in [1.165, 1.54) is 0 Å². The van der Waals surface area contributed by atoms with Gasteiger partial charge in [0.05, 0.1) is 24.0 Å². The van der Waals surface area contributed by atoms with E-state index in [0.717, 1.165) is 17.8 Å². The molecule has 2 atom stereocenters. The molecule has 9 heteroatoms. The van der Waals surface area contributed by atoms with Crippen LogP contribution in [0.15, 0.2) is 48.9 Å². The predicted octanol–water partition coefficient (Wildman–Crippen LogP) is 2.62. The number of rotatable bonds is 4. The largest absolute Gasteiger partial charge is 0.315 e. The van der Waals surface area contributed by atoms with Gasteiger partial charge in [-0.3, -0.25) is 9.48 Å². The van der Waals surface area contributed by atoms with Crippen molar-refractivity contribution >= 4 is 35.7 Å². The molecule has 0 unspecified atom stereocenters. The molecule has 1 amide bonds. The number of halogens is 2. The molecule has 27 heavy (non-hydrogen) atoms. The molecule has 1 aliphatic rings. The molecule has 1 aromatic carbocycles. The Morgan fingerprint density at radius 2 is 2.15 bits per heavy atom. The number of amides is 1. The number of hydrogen-bond acceptors (Lipinski definition) is 4. The summed E-state index contributed by atoms with van der Waals surface area (Å²) in [5, 5.41) is 15.5. The summed E-state index contributed by atoms with van der Waals surface area (Å²) in [6.45, 7) is 1.40. The average Bonchev–Trinajstić information content (AvgIpc) is 3.34. The standard InChI is InChI=1S/C18H19ClN6O.ClH/c1-24-11-12(8-22-24)15-9-20-10-16(15)18(26)23-17-5-6-21-25(17)14-4-2-3-13(19)7-14;/h2-8,11,15-16,20H,9-10H2,1H3,(H,23,26);1H/t15-,16+;/m1./s1. The van der Waals surface area contributed by atoms with Crippen LogP contribution in [0.2, 0.25) is 5.02 Å². The summed E-state index contributed by atoms with van der Waals surface area (Å²) < 4.78 is 3.43. The van der Waals surface area contributed by atoms with Crippen LogP contribution < -0.4 is 10.6 Å². The lowest BCUT2D eigenvalue weighted by atomic mass is 9.90. The Balaban J connectivity index is 0.00000210. The van der Waals surface area contributed by atoms with Gasteiger partial charge in [-0.15, -0.1) is 12.4 Å². The van der Waals surface area contributed by atoms with Crippen molar-refractivity contribution < 1.29 is 4.79 Å². The first kappa shape index (κ1) is 19.4. The predicted molar refractivity (Wildman–Crippen MR) is 107 cm³/mol. The summed E-state index contributed by atoms with van der Waals surface area (Å²) >= 11 is 6.07. The van der Waals surface area contributed by atoms with Crippen LogP contribution in [0.3, 0.4) is 0 Å². The first-order chi connectivity index (χ1) is 12.6. The lowest BCUT2D eigenvalue weighted by Gasteiger charge is -2.17. The molecule has 3 heterocycles. The van der Waals surface area contributed by atoms with Crippen molar-refractivity contribution in [3.05, 3.63) is 59.5 Å². The van der Waals surface area contributed by atoms with E-state index in [9.17, 15) is 4.79 Å². The quantitative estimate of drug-likeness (QED) is 0.697. The molecule has 142 valence electrons. The monoisotopic (exact) mass is 406 g/mol. The average molecular weight is 407 g/mol. The Labute approximate surface area is 168 Å². The van der Waals surface area contributed by atoms with Gasteiger partial charge in [-0.1, -0.05) is 17.7 Å². The van der Waals surface area contributed by atoms with Crippen LogP contribution in [-0.2, 0) is 11.8 Å². The Hall–Kier alpha value is -2.35. The van der Waals surface area contributed by atoms with Gasteiger partial charge >= 0.3 is 0 Å². The van der Waals surface area contributed by atoms with Gasteiger partial charge in [-0.2, -0.15) is 10.2 Å². The number of carbonyl (C=O) groups excluding carboxylic acids is 1. The van der Waals surface area contributed by atoms with E-state index in [-0.39, 0.29) is 30.2 Å². The molecule has 3 aromatic rings. The third kappa shape index (κ3) is 4.00. The van der Waals surface area contributed by atoms with Crippen molar-refractivity contribution in [1.29, 1.82) is 0 Å². The lowest BCUT2D eigenvalue weighted by molar-refractivity contribution is -0.119. The molecule has 1 fully saturated rings. The van der Waals surface area contributed by atoms with E-state index in [1.807, 2.05) is 31.6 Å². The lowest BCUT2D eigenvalue weighted by Crippen LogP contribution is -2.28. The SMILES string of the molecule is Cl.Cn1cc([C@H]2CNC[C@@H]2C(=O)Nc2ccnn2-c2cccc(Cl)c2)cn1. The van der Waals surface area contributed by atoms with Gasteiger partial charge < -0.3 is 10.6 Å². The van der Waals surface area contributed by atoms with E-state index in [0.29, 0.717) is 17.4 Å². The number of hydrogen-bond donors (Lipinski definition) is 2. The normalized spacial score (nSPS) is 18.9. The highest BCUT2D eigenvalue weighted by Crippen LogP contribution is 2.29. The number of aromatic nitrogens is 4. The van der Waals surface area contributed by atoms with Gasteiger partial charge in [-0.05, 0) is 23.8 Å². The summed E-state index contributed by atoms with van der Waals surface area (Å²) in [6.07, 6.45) is 5.45. The molecule has 0 bridgehead atoms. The molecule has 2 aromatic heterocycles. The van der Waals surface area contributed by atoms with Crippen molar-refractivity contribution in [3.8, 4) is 5.69 Å². The zero-order valence-corrected chi connectivity index (χ0v) is 16.2. The van der Waals surface area contributed by atoms with E-state index in [4.69, 9.17) is 11.6 Å². The van der Waals surface area contributed by atoms with Gasteiger partial charge in [0.1, 0.15) is 5.82 Å². The van der Waals surface area contributed by atoms with E-state index in [2.05, 4.69) is 20.8 Å². The van der Waals surface area contributed by atoms with Crippen LogP contribution in [-0.4, -0.2) is 38.6 Å². The number of aryl methyl sites for hydroxylation is 1. The summed E-state index contributed by atoms with van der Waals surface area (Å²) in [5.74, 6) is 0.523. The van der Waals surface area contributed by atoms with Gasteiger partial charge in [0.2, 0.25) is 5.91 Å². The molecule has 1 saturated heterocycles. The van der Waals surface area contributed by atoms with E-state index < -0.39 is 0 Å². The van der Waals surface area contributed by atoms with Crippen molar-refractivity contribution in [2.45, 2.75) is 5.92 Å². The Morgan fingerprint density at radius 3 is 2.89 bits per heavy atom. The Morgan fingerprint density at radius 1 is 1.30 bits per heavy atom. The summed E-state index contributed by atoms with van der Waals surface area (Å²) in [6, 6.07) is 9.13. The zero-order chi connectivity index (χ0) is 18.1. The topological polar surface area (TPSA) is 76.8 Å². The number of nitrogens with zero attached hydrogens (tertiary/aromatic N) is 4. The molecular formula is C18H20Cl2N6O. The van der Waals surface area contributed by atoms with Crippen LogP contribution in [0.25, 0.3) is 5.69 Å². The van der Waals surface area contributed by atoms with Gasteiger partial charge in [0.15, 0.2) is 0 Å². The minimum absolute atomic E-state index is 0. The number of anilines is 1. The molecule has 0 saturated carbocycles. The molecule has 1 aliphatic heterocycles.